The summed E-state index contributed by atoms with van der Waals surface area (Å²) in [7, 11) is -0.330. The van der Waals surface area contributed by atoms with Gasteiger partial charge in [0, 0.05) is 31.0 Å². The summed E-state index contributed by atoms with van der Waals surface area (Å²) in [6.07, 6.45) is 3.75. The van der Waals surface area contributed by atoms with Gasteiger partial charge in [0.05, 0.1) is 22.5 Å². The number of fused-ring (bicyclic) bond motifs is 3. The molecule has 11 heteroatoms. The van der Waals surface area contributed by atoms with Crippen molar-refractivity contribution in [1.29, 1.82) is 0 Å². The van der Waals surface area contributed by atoms with E-state index in [1.807, 2.05) is 7.05 Å². The Labute approximate surface area is 317 Å². The van der Waals surface area contributed by atoms with Crippen molar-refractivity contribution in [2.45, 2.75) is 121 Å². The number of ether oxygens (including phenoxy) is 2. The molecule has 0 bridgehead atoms. The van der Waals surface area contributed by atoms with Crippen molar-refractivity contribution in [1.82, 2.24) is 14.9 Å². The van der Waals surface area contributed by atoms with Crippen LogP contribution in [0.5, 0.6) is 17.5 Å². The topological polar surface area (TPSA) is 71.0 Å². The Morgan fingerprint density at radius 1 is 1.00 bits per heavy atom. The first kappa shape index (κ1) is 36.9. The molecule has 3 fully saturated rings. The molecule has 286 valence electrons. The average Bonchev–Trinajstić information content (AvgIpc) is 3.80. The fourth-order valence-electron chi connectivity index (χ4n) is 10.6. The Hall–Kier alpha value is -4.01. The predicted molar refractivity (Wildman–Crippen MR) is 211 cm³/mol. The van der Waals surface area contributed by atoms with Gasteiger partial charge in [0.25, 0.3) is 0 Å². The van der Waals surface area contributed by atoms with E-state index in [9.17, 15) is 9.50 Å². The van der Waals surface area contributed by atoms with E-state index in [0.717, 1.165) is 38.6 Å². The highest BCUT2D eigenvalue weighted by atomic mass is 28.3. The molecule has 4 aromatic rings. The normalized spacial score (nSPS) is 23.9. The Balaban J connectivity index is 1.34. The van der Waals surface area contributed by atoms with Crippen molar-refractivity contribution in [2.75, 3.05) is 31.6 Å². The smallest absolute Gasteiger partial charge is 0.319 e. The van der Waals surface area contributed by atoms with Crippen LogP contribution < -0.4 is 14.4 Å². The van der Waals surface area contributed by atoms with Crippen molar-refractivity contribution in [3.8, 4) is 40.1 Å². The number of benzene rings is 3. The monoisotopic (exact) mass is 756 g/mol. The third-order valence-electron chi connectivity index (χ3n) is 13.2. The summed E-state index contributed by atoms with van der Waals surface area (Å²) in [5, 5.41) is 12.4. The maximum absolute atomic E-state index is 17.5. The van der Waals surface area contributed by atoms with E-state index in [2.05, 4.69) is 62.8 Å². The van der Waals surface area contributed by atoms with Crippen molar-refractivity contribution in [3.05, 3.63) is 47.5 Å². The largest absolute Gasteiger partial charge is 0.508 e. The zero-order chi connectivity index (χ0) is 38.3. The van der Waals surface area contributed by atoms with Gasteiger partial charge in [-0.15, -0.1) is 5.54 Å². The highest BCUT2D eigenvalue weighted by molar-refractivity contribution is 6.90. The second-order valence-corrected chi connectivity index (χ2v) is 22.7. The molecule has 4 aliphatic rings. The molecule has 2 saturated heterocycles. The van der Waals surface area contributed by atoms with Crippen molar-refractivity contribution < 1.29 is 27.8 Å². The molecule has 3 aliphatic heterocycles. The fourth-order valence-corrected chi connectivity index (χ4v) is 15.8. The number of hydrogen-bond acceptors (Lipinski definition) is 7. The number of nitrogens with zero attached hydrogens (tertiary/aromatic N) is 4. The van der Waals surface area contributed by atoms with Gasteiger partial charge in [-0.1, -0.05) is 53.5 Å². The fraction of sp³-hybridized carbons (Fsp3) is 0.535. The minimum Gasteiger partial charge on any atom is -0.508 e. The molecular weight excluding hydrogens is 706 g/mol. The highest BCUT2D eigenvalue weighted by Gasteiger charge is 2.49. The number of likely N-dealkylation sites (N-methyl/N-ethyl adjacent to an activating group) is 1. The van der Waals surface area contributed by atoms with Crippen molar-refractivity contribution in [2.24, 2.45) is 0 Å². The molecule has 3 aromatic carbocycles. The molecule has 1 saturated carbocycles. The molecule has 4 heterocycles. The van der Waals surface area contributed by atoms with Crippen LogP contribution in [0.2, 0.25) is 16.6 Å². The molecule has 1 aromatic heterocycles. The lowest BCUT2D eigenvalue weighted by atomic mass is 9.92. The van der Waals surface area contributed by atoms with E-state index < -0.39 is 31.4 Å². The number of halogens is 3. The van der Waals surface area contributed by atoms with Crippen LogP contribution in [0.4, 0.5) is 19.0 Å². The third kappa shape index (κ3) is 5.81. The first-order chi connectivity index (χ1) is 25.7. The zero-order valence-corrected chi connectivity index (χ0v) is 33.4. The molecule has 8 rings (SSSR count). The van der Waals surface area contributed by atoms with Crippen LogP contribution in [0.1, 0.15) is 85.6 Å². The number of alkyl halides is 1. The van der Waals surface area contributed by atoms with E-state index in [4.69, 9.17) is 19.4 Å². The Kier molecular flexibility index (Phi) is 9.32. The van der Waals surface area contributed by atoms with Crippen LogP contribution in [-0.2, 0) is 0 Å². The van der Waals surface area contributed by atoms with E-state index in [-0.39, 0.29) is 47.2 Å². The number of phenolic OH excluding ortho intramolecular Hbond substituents is 1. The molecule has 1 N–H and O–H groups in total. The van der Waals surface area contributed by atoms with Gasteiger partial charge in [-0.25, -0.2) is 13.2 Å². The Bertz CT molecular complexity index is 2180. The standard InChI is InChI=1S/C43H51F3N4O3Si/c1-24(2)54(25(3)4,26(5)6)17-14-30-33(45)13-12-27-18-29(51)19-31(37(27)30)32-20-36-38-40(39(32)46)47-42(48-41(38)49(7)34-10-8-11-35(34)53-36)52-23-43-15-9-16-50(43)22-28(44)21-43/h12-13,18-20,24-26,28,34-35,51H,8-11,15-16,21-23H2,1-7H3/t28-,34-,35+,43+/m1/s1. The van der Waals surface area contributed by atoms with Crippen LogP contribution >= 0.6 is 0 Å². The number of hydrogen-bond donors (Lipinski definition) is 1. The molecule has 1 aliphatic carbocycles. The van der Waals surface area contributed by atoms with E-state index >= 15 is 8.78 Å². The van der Waals surface area contributed by atoms with Gasteiger partial charge >= 0.3 is 6.01 Å². The Morgan fingerprint density at radius 3 is 2.50 bits per heavy atom. The molecule has 0 radical (unpaired) electrons. The molecule has 7 nitrogen and oxygen atoms in total. The van der Waals surface area contributed by atoms with E-state index in [1.165, 1.54) is 12.1 Å². The first-order valence-electron chi connectivity index (χ1n) is 19.7. The second kappa shape index (κ2) is 13.6. The number of anilines is 1. The van der Waals surface area contributed by atoms with Crippen LogP contribution in [0.3, 0.4) is 0 Å². The minimum atomic E-state index is -2.28. The highest BCUT2D eigenvalue weighted by Crippen LogP contribution is 2.48. The molecule has 4 atom stereocenters. The van der Waals surface area contributed by atoms with Gasteiger partial charge in [0.15, 0.2) is 5.82 Å². The quantitative estimate of drug-likeness (QED) is 0.149. The van der Waals surface area contributed by atoms with E-state index in [0.29, 0.717) is 62.9 Å². The lowest BCUT2D eigenvalue weighted by Crippen LogP contribution is -2.43. The predicted octanol–water partition coefficient (Wildman–Crippen LogP) is 9.71. The van der Waals surface area contributed by atoms with Crippen LogP contribution in [-0.4, -0.2) is 78.6 Å². The molecule has 0 unspecified atom stereocenters. The van der Waals surface area contributed by atoms with Crippen molar-refractivity contribution in [3.63, 3.8) is 0 Å². The summed E-state index contributed by atoms with van der Waals surface area (Å²) >= 11 is 0. The molecular formula is C43H51F3N4O3Si. The summed E-state index contributed by atoms with van der Waals surface area (Å²) in [5.41, 5.74) is 4.78. The molecule has 0 spiro atoms. The maximum atomic E-state index is 17.5. The maximum Gasteiger partial charge on any atom is 0.319 e. The first-order valence-corrected chi connectivity index (χ1v) is 21.9. The van der Waals surface area contributed by atoms with Gasteiger partial charge in [-0.2, -0.15) is 9.97 Å². The zero-order valence-electron chi connectivity index (χ0n) is 32.4. The van der Waals surface area contributed by atoms with Gasteiger partial charge in [0.2, 0.25) is 0 Å². The molecule has 0 amide bonds. The third-order valence-corrected chi connectivity index (χ3v) is 19.5. The summed E-state index contributed by atoms with van der Waals surface area (Å²) in [6.45, 7) is 14.6. The van der Waals surface area contributed by atoms with E-state index in [1.54, 1.807) is 18.2 Å². The summed E-state index contributed by atoms with van der Waals surface area (Å²) in [4.78, 5) is 13.8. The lowest BCUT2D eigenvalue weighted by Gasteiger charge is -2.38. The SMILES string of the molecule is CC(C)[Si](C#Cc1c(F)ccc2cc(O)cc(-c3cc4c5c(nc(OC[C@@]67CCCN6C[C@H](F)C7)nc5c3F)N(C)[C@@H]3CCC[C@@H]3O4)c12)(C(C)C)C(C)C. The van der Waals surface area contributed by atoms with Gasteiger partial charge < -0.3 is 19.5 Å². The van der Waals surface area contributed by atoms with Crippen LogP contribution in [0.25, 0.3) is 32.8 Å². The van der Waals surface area contributed by atoms with Gasteiger partial charge in [-0.05, 0) is 90.5 Å². The molecule has 54 heavy (non-hydrogen) atoms. The summed E-state index contributed by atoms with van der Waals surface area (Å²) in [6, 6.07) is 7.68. The summed E-state index contributed by atoms with van der Waals surface area (Å²) < 4.78 is 61.3. The van der Waals surface area contributed by atoms with Crippen LogP contribution in [0, 0.1) is 23.1 Å². The van der Waals surface area contributed by atoms with Gasteiger partial charge in [0.1, 0.15) is 55.6 Å². The second-order valence-electron chi connectivity index (χ2n) is 17.1. The number of phenols is 1. The average molecular weight is 757 g/mol. The summed E-state index contributed by atoms with van der Waals surface area (Å²) in [5.74, 6) is 2.99. The Morgan fingerprint density at radius 2 is 1.76 bits per heavy atom. The van der Waals surface area contributed by atoms with Gasteiger partial charge in [-0.3, -0.25) is 4.90 Å². The lowest BCUT2D eigenvalue weighted by molar-refractivity contribution is 0.107. The number of aromatic hydroxyl groups is 1. The van der Waals surface area contributed by atoms with Crippen LogP contribution in [0.15, 0.2) is 30.3 Å². The number of rotatable bonds is 7. The minimum absolute atomic E-state index is 0.00536. The number of aromatic nitrogens is 2. The van der Waals surface area contributed by atoms with Crippen molar-refractivity contribution >= 4 is 35.6 Å².